The van der Waals surface area contributed by atoms with E-state index in [4.69, 9.17) is 4.74 Å². The second kappa shape index (κ2) is 7.23. The summed E-state index contributed by atoms with van der Waals surface area (Å²) >= 11 is 0. The molecule has 2 heterocycles. The van der Waals surface area contributed by atoms with Crippen LogP contribution in [0.1, 0.15) is 51.4 Å². The Morgan fingerprint density at radius 1 is 1.16 bits per heavy atom. The maximum absolute atomic E-state index is 12.8. The molecule has 0 bridgehead atoms. The van der Waals surface area contributed by atoms with Crippen molar-refractivity contribution < 1.29 is 14.3 Å². The fourth-order valence-corrected chi connectivity index (χ4v) is 4.90. The number of nitrogens with one attached hydrogen (secondary N) is 1. The molecule has 1 atom stereocenters. The van der Waals surface area contributed by atoms with E-state index in [0.717, 1.165) is 45.7 Å². The minimum atomic E-state index is -0.0264. The molecule has 0 aromatic rings. The number of nitrogens with zero attached hydrogens (tertiary/aromatic N) is 2. The van der Waals surface area contributed by atoms with Gasteiger partial charge in [-0.25, -0.2) is 0 Å². The van der Waals surface area contributed by atoms with Crippen LogP contribution in [0.25, 0.3) is 0 Å². The van der Waals surface area contributed by atoms with Crippen molar-refractivity contribution in [3.63, 3.8) is 0 Å². The average Bonchev–Trinajstić information content (AvgIpc) is 3.38. The van der Waals surface area contributed by atoms with E-state index in [-0.39, 0.29) is 23.3 Å². The molecule has 1 N–H and O–H groups in total. The van der Waals surface area contributed by atoms with E-state index in [1.54, 1.807) is 0 Å². The summed E-state index contributed by atoms with van der Waals surface area (Å²) in [5.41, 5.74) is 0.125. The van der Waals surface area contributed by atoms with Gasteiger partial charge in [-0.15, -0.1) is 0 Å². The quantitative estimate of drug-likeness (QED) is 0.809. The van der Waals surface area contributed by atoms with Gasteiger partial charge in [-0.05, 0) is 32.1 Å². The minimum Gasteiger partial charge on any atom is -0.379 e. The minimum absolute atomic E-state index is 0.0264. The SMILES string of the molecule is O=C(NCC1(N2CCOCC2)CCCC1)C1CCC(=O)N(C2CC2)C1. The predicted octanol–water partition coefficient (Wildman–Crippen LogP) is 1.15. The van der Waals surface area contributed by atoms with Crippen LogP contribution in [0.2, 0.25) is 0 Å². The Morgan fingerprint density at radius 2 is 1.88 bits per heavy atom. The first-order valence-electron chi connectivity index (χ1n) is 10.1. The molecule has 25 heavy (non-hydrogen) atoms. The predicted molar refractivity (Wildman–Crippen MR) is 94.1 cm³/mol. The molecular formula is C19H31N3O3. The topological polar surface area (TPSA) is 61.9 Å². The van der Waals surface area contributed by atoms with Gasteiger partial charge in [-0.1, -0.05) is 12.8 Å². The molecule has 2 aliphatic heterocycles. The van der Waals surface area contributed by atoms with Gasteiger partial charge in [0.1, 0.15) is 0 Å². The Morgan fingerprint density at radius 3 is 2.56 bits per heavy atom. The Kier molecular flexibility index (Phi) is 5.00. The highest BCUT2D eigenvalue weighted by Gasteiger charge is 2.42. The van der Waals surface area contributed by atoms with Gasteiger partial charge < -0.3 is 15.0 Å². The van der Waals surface area contributed by atoms with Gasteiger partial charge in [0.2, 0.25) is 11.8 Å². The van der Waals surface area contributed by atoms with Crippen LogP contribution in [0.15, 0.2) is 0 Å². The summed E-state index contributed by atoms with van der Waals surface area (Å²) in [5.74, 6) is 0.367. The van der Waals surface area contributed by atoms with Crippen LogP contribution in [0.4, 0.5) is 0 Å². The molecule has 2 amide bonds. The highest BCUT2D eigenvalue weighted by atomic mass is 16.5. The lowest BCUT2D eigenvalue weighted by Gasteiger charge is -2.44. The van der Waals surface area contributed by atoms with Crippen molar-refractivity contribution in [3.8, 4) is 0 Å². The van der Waals surface area contributed by atoms with Crippen molar-refractivity contribution in [2.45, 2.75) is 62.9 Å². The van der Waals surface area contributed by atoms with Gasteiger partial charge >= 0.3 is 0 Å². The first kappa shape index (κ1) is 17.3. The lowest BCUT2D eigenvalue weighted by molar-refractivity contribution is -0.139. The molecule has 6 nitrogen and oxygen atoms in total. The third kappa shape index (κ3) is 3.70. The number of hydrogen-bond donors (Lipinski definition) is 1. The summed E-state index contributed by atoms with van der Waals surface area (Å²) < 4.78 is 5.51. The van der Waals surface area contributed by atoms with Crippen molar-refractivity contribution in [1.82, 2.24) is 15.1 Å². The van der Waals surface area contributed by atoms with Crippen LogP contribution < -0.4 is 5.32 Å². The molecule has 0 aromatic carbocycles. The number of likely N-dealkylation sites (tertiary alicyclic amines) is 1. The molecule has 0 aromatic heterocycles. The van der Waals surface area contributed by atoms with Gasteiger partial charge in [-0.2, -0.15) is 0 Å². The largest absolute Gasteiger partial charge is 0.379 e. The number of hydrogen-bond acceptors (Lipinski definition) is 4. The van der Waals surface area contributed by atoms with E-state index in [0.29, 0.717) is 25.4 Å². The van der Waals surface area contributed by atoms with Crippen molar-refractivity contribution in [1.29, 1.82) is 0 Å². The fourth-order valence-electron chi connectivity index (χ4n) is 4.90. The van der Waals surface area contributed by atoms with E-state index in [2.05, 4.69) is 10.2 Å². The third-order valence-corrected chi connectivity index (χ3v) is 6.61. The number of ether oxygens (including phenoxy) is 1. The molecule has 140 valence electrons. The number of carbonyl (C=O) groups excluding carboxylic acids is 2. The molecule has 1 unspecified atom stereocenters. The smallest absolute Gasteiger partial charge is 0.224 e. The van der Waals surface area contributed by atoms with Crippen LogP contribution in [-0.2, 0) is 14.3 Å². The average molecular weight is 349 g/mol. The maximum Gasteiger partial charge on any atom is 0.224 e. The standard InChI is InChI=1S/C19H31N3O3/c23-17-6-3-15(13-22(17)16-4-5-16)18(24)20-14-19(7-1-2-8-19)21-9-11-25-12-10-21/h15-16H,1-14H2,(H,20,24). The van der Waals surface area contributed by atoms with Gasteiger partial charge in [0.05, 0.1) is 19.1 Å². The Hall–Kier alpha value is -1.14. The summed E-state index contributed by atoms with van der Waals surface area (Å²) in [7, 11) is 0. The molecule has 6 heteroatoms. The first-order chi connectivity index (χ1) is 12.2. The molecule has 2 aliphatic carbocycles. The van der Waals surface area contributed by atoms with Crippen molar-refractivity contribution in [2.75, 3.05) is 39.4 Å². The second-order valence-corrected chi connectivity index (χ2v) is 8.26. The molecule has 0 radical (unpaired) electrons. The second-order valence-electron chi connectivity index (χ2n) is 8.26. The summed E-state index contributed by atoms with van der Waals surface area (Å²) in [6.45, 7) is 4.93. The van der Waals surface area contributed by atoms with Crippen molar-refractivity contribution in [3.05, 3.63) is 0 Å². The summed E-state index contributed by atoms with van der Waals surface area (Å²) in [5, 5.41) is 3.27. The van der Waals surface area contributed by atoms with Crippen LogP contribution in [0, 0.1) is 5.92 Å². The zero-order valence-corrected chi connectivity index (χ0v) is 15.2. The van der Waals surface area contributed by atoms with E-state index < -0.39 is 0 Å². The van der Waals surface area contributed by atoms with Crippen LogP contribution in [0.3, 0.4) is 0 Å². The normalized spacial score (nSPS) is 30.5. The first-order valence-corrected chi connectivity index (χ1v) is 10.1. The fraction of sp³-hybridized carbons (Fsp3) is 0.895. The van der Waals surface area contributed by atoms with Gasteiger partial charge in [-0.3, -0.25) is 14.5 Å². The molecule has 4 fully saturated rings. The third-order valence-electron chi connectivity index (χ3n) is 6.61. The molecule has 4 rings (SSSR count). The number of rotatable bonds is 5. The summed E-state index contributed by atoms with van der Waals surface area (Å²) in [4.78, 5) is 29.3. The monoisotopic (exact) mass is 349 g/mol. The number of carbonyl (C=O) groups is 2. The van der Waals surface area contributed by atoms with Crippen LogP contribution >= 0.6 is 0 Å². The molecule has 2 saturated heterocycles. The van der Waals surface area contributed by atoms with E-state index in [9.17, 15) is 9.59 Å². The Balaban J connectivity index is 1.34. The van der Waals surface area contributed by atoms with Gasteiger partial charge in [0, 0.05) is 44.2 Å². The number of piperidine rings is 1. The molecule has 0 spiro atoms. The molecule has 2 saturated carbocycles. The summed E-state index contributed by atoms with van der Waals surface area (Å²) in [6.07, 6.45) is 8.30. The zero-order chi connectivity index (χ0) is 17.3. The highest BCUT2D eigenvalue weighted by Crippen LogP contribution is 2.36. The molecular weight excluding hydrogens is 318 g/mol. The van der Waals surface area contributed by atoms with Crippen molar-refractivity contribution in [2.24, 2.45) is 5.92 Å². The lowest BCUT2D eigenvalue weighted by Crippen LogP contribution is -2.58. The van der Waals surface area contributed by atoms with Crippen LogP contribution in [0.5, 0.6) is 0 Å². The Labute approximate surface area is 150 Å². The maximum atomic E-state index is 12.8. The Bertz CT molecular complexity index is 508. The highest BCUT2D eigenvalue weighted by molar-refractivity contribution is 5.84. The van der Waals surface area contributed by atoms with E-state index >= 15 is 0 Å². The zero-order valence-electron chi connectivity index (χ0n) is 15.2. The summed E-state index contributed by atoms with van der Waals surface area (Å²) in [6, 6.07) is 0.414. The van der Waals surface area contributed by atoms with Crippen molar-refractivity contribution >= 4 is 11.8 Å². The van der Waals surface area contributed by atoms with E-state index in [1.807, 2.05) is 4.90 Å². The van der Waals surface area contributed by atoms with Gasteiger partial charge in [0.15, 0.2) is 0 Å². The number of morpholine rings is 1. The molecule has 4 aliphatic rings. The number of amides is 2. The van der Waals surface area contributed by atoms with E-state index in [1.165, 1.54) is 25.7 Å². The van der Waals surface area contributed by atoms with Crippen LogP contribution in [-0.4, -0.2) is 72.6 Å². The lowest BCUT2D eigenvalue weighted by atomic mass is 9.92. The van der Waals surface area contributed by atoms with Gasteiger partial charge in [0.25, 0.3) is 0 Å².